The van der Waals surface area contributed by atoms with Crippen LogP contribution in [-0.2, 0) is 10.0 Å². The summed E-state index contributed by atoms with van der Waals surface area (Å²) in [5.74, 6) is -1.54. The largest absolute Gasteiger partial charge is 0.497 e. The van der Waals surface area contributed by atoms with E-state index in [4.69, 9.17) is 4.74 Å². The molecule has 1 fully saturated rings. The first-order valence-corrected chi connectivity index (χ1v) is 9.71. The lowest BCUT2D eigenvalue weighted by atomic mass is 9.86. The topological polar surface area (TPSA) is 67.4 Å². The predicted octanol–water partition coefficient (Wildman–Crippen LogP) is 2.40. The van der Waals surface area contributed by atoms with Gasteiger partial charge in [0.25, 0.3) is 0 Å². The van der Waals surface area contributed by atoms with Crippen molar-refractivity contribution < 1.29 is 21.9 Å². The van der Waals surface area contributed by atoms with Crippen LogP contribution in [0.25, 0.3) is 0 Å². The number of benzene rings is 2. The highest BCUT2D eigenvalue weighted by atomic mass is 32.2. The van der Waals surface area contributed by atoms with Crippen molar-refractivity contribution in [1.82, 2.24) is 10.0 Å². The van der Waals surface area contributed by atoms with E-state index in [0.717, 1.165) is 12.1 Å². The van der Waals surface area contributed by atoms with Crippen LogP contribution in [-0.4, -0.2) is 34.7 Å². The molecule has 0 amide bonds. The third kappa shape index (κ3) is 4.03. The molecule has 0 aromatic heterocycles. The number of hydrogen-bond acceptors (Lipinski definition) is 4. The monoisotopic (exact) mass is 382 g/mol. The Morgan fingerprint density at radius 1 is 1.12 bits per heavy atom. The van der Waals surface area contributed by atoms with Crippen LogP contribution < -0.4 is 14.8 Å². The average molecular weight is 382 g/mol. The lowest BCUT2D eigenvalue weighted by Crippen LogP contribution is -2.49. The summed E-state index contributed by atoms with van der Waals surface area (Å²) in [6.45, 7) is 1.07. The maximum absolute atomic E-state index is 13.6. The van der Waals surface area contributed by atoms with Crippen LogP contribution in [0, 0.1) is 11.6 Å². The van der Waals surface area contributed by atoms with Crippen LogP contribution in [0.1, 0.15) is 17.9 Å². The summed E-state index contributed by atoms with van der Waals surface area (Å²) >= 11 is 0. The molecule has 1 aliphatic rings. The van der Waals surface area contributed by atoms with E-state index in [-0.39, 0.29) is 10.8 Å². The summed E-state index contributed by atoms with van der Waals surface area (Å²) in [5, 5.41) is 3.14. The van der Waals surface area contributed by atoms with Gasteiger partial charge in [0.1, 0.15) is 5.75 Å². The van der Waals surface area contributed by atoms with Crippen molar-refractivity contribution in [1.29, 1.82) is 0 Å². The van der Waals surface area contributed by atoms with Crippen molar-refractivity contribution in [2.24, 2.45) is 0 Å². The second-order valence-electron chi connectivity index (χ2n) is 6.18. The van der Waals surface area contributed by atoms with Gasteiger partial charge in [0.2, 0.25) is 10.0 Å². The van der Waals surface area contributed by atoms with Crippen molar-refractivity contribution in [2.75, 3.05) is 20.2 Å². The first-order valence-electron chi connectivity index (χ1n) is 8.23. The van der Waals surface area contributed by atoms with E-state index in [1.54, 1.807) is 12.1 Å². The second kappa shape index (κ2) is 7.69. The van der Waals surface area contributed by atoms with Crippen LogP contribution in [0.15, 0.2) is 47.4 Å². The summed E-state index contributed by atoms with van der Waals surface area (Å²) in [7, 11) is -2.26. The van der Waals surface area contributed by atoms with E-state index in [9.17, 15) is 17.2 Å². The Labute approximate surface area is 151 Å². The van der Waals surface area contributed by atoms with Gasteiger partial charge >= 0.3 is 0 Å². The third-order valence-electron chi connectivity index (χ3n) is 4.53. The van der Waals surface area contributed by atoms with Crippen molar-refractivity contribution in [2.45, 2.75) is 23.3 Å². The number of methoxy groups -OCH3 is 1. The highest BCUT2D eigenvalue weighted by Gasteiger charge is 2.31. The second-order valence-corrected chi connectivity index (χ2v) is 7.89. The minimum atomic E-state index is -3.76. The van der Waals surface area contributed by atoms with E-state index >= 15 is 0 Å². The fraction of sp³-hybridized carbons (Fsp3) is 0.333. The fourth-order valence-electron chi connectivity index (χ4n) is 3.15. The Morgan fingerprint density at radius 3 is 2.50 bits per heavy atom. The van der Waals surface area contributed by atoms with E-state index in [0.29, 0.717) is 30.8 Å². The zero-order chi connectivity index (χ0) is 18.7. The van der Waals surface area contributed by atoms with Crippen LogP contribution in [0.4, 0.5) is 8.78 Å². The normalized spacial score (nSPS) is 20.7. The molecule has 2 unspecified atom stereocenters. The summed E-state index contributed by atoms with van der Waals surface area (Å²) in [6, 6.07) is 9.31. The standard InChI is InChI=1S/C18H20F2N2O3S/c1-25-13-3-5-14(6-4-13)26(23,24)22-18-11-21-9-8-15(18)12-2-7-16(19)17(20)10-12/h2-7,10,15,18,21-22H,8-9,11H2,1H3. The lowest BCUT2D eigenvalue weighted by molar-refractivity contribution is 0.376. The Bertz CT molecular complexity index is 873. The van der Waals surface area contributed by atoms with Gasteiger partial charge in [-0.1, -0.05) is 6.07 Å². The Balaban J connectivity index is 1.84. The number of hydrogen-bond donors (Lipinski definition) is 2. The van der Waals surface area contributed by atoms with Gasteiger partial charge in [-0.05, 0) is 54.9 Å². The molecule has 2 atom stereocenters. The Morgan fingerprint density at radius 2 is 1.85 bits per heavy atom. The molecule has 2 N–H and O–H groups in total. The first-order chi connectivity index (χ1) is 12.4. The molecule has 3 rings (SSSR count). The minimum absolute atomic E-state index is 0.118. The number of rotatable bonds is 5. The molecule has 8 heteroatoms. The van der Waals surface area contributed by atoms with Crippen molar-refractivity contribution in [3.63, 3.8) is 0 Å². The van der Waals surface area contributed by atoms with Gasteiger partial charge in [0.15, 0.2) is 11.6 Å². The number of piperidine rings is 1. The highest BCUT2D eigenvalue weighted by Crippen LogP contribution is 2.28. The van der Waals surface area contributed by atoms with E-state index in [2.05, 4.69) is 10.0 Å². The molecule has 2 aromatic carbocycles. The Kier molecular flexibility index (Phi) is 5.55. The number of sulfonamides is 1. The van der Waals surface area contributed by atoms with Crippen LogP contribution in [0.2, 0.25) is 0 Å². The molecule has 0 spiro atoms. The molecule has 0 aliphatic carbocycles. The van der Waals surface area contributed by atoms with Gasteiger partial charge in [-0.3, -0.25) is 0 Å². The molecule has 26 heavy (non-hydrogen) atoms. The average Bonchev–Trinajstić information content (AvgIpc) is 2.64. The van der Waals surface area contributed by atoms with Crippen LogP contribution in [0.5, 0.6) is 5.75 Å². The predicted molar refractivity (Wildman–Crippen MR) is 93.7 cm³/mol. The van der Waals surface area contributed by atoms with Crippen LogP contribution in [0.3, 0.4) is 0 Å². The maximum Gasteiger partial charge on any atom is 0.240 e. The fourth-order valence-corrected chi connectivity index (χ4v) is 4.42. The SMILES string of the molecule is COc1ccc(S(=O)(=O)NC2CNCCC2c2ccc(F)c(F)c2)cc1. The molecular formula is C18H20F2N2O3S. The third-order valence-corrected chi connectivity index (χ3v) is 6.04. The summed E-state index contributed by atoms with van der Waals surface area (Å²) in [4.78, 5) is 0.118. The van der Waals surface area contributed by atoms with Gasteiger partial charge in [-0.15, -0.1) is 0 Å². The zero-order valence-electron chi connectivity index (χ0n) is 14.2. The van der Waals surface area contributed by atoms with Gasteiger partial charge in [-0.25, -0.2) is 21.9 Å². The van der Waals surface area contributed by atoms with E-state index < -0.39 is 27.7 Å². The molecule has 0 radical (unpaired) electrons. The molecule has 0 bridgehead atoms. The molecule has 1 saturated heterocycles. The maximum atomic E-state index is 13.6. The molecule has 2 aromatic rings. The molecular weight excluding hydrogens is 362 g/mol. The summed E-state index contributed by atoms with van der Waals surface area (Å²) in [5.41, 5.74) is 0.577. The minimum Gasteiger partial charge on any atom is -0.497 e. The van der Waals surface area contributed by atoms with Gasteiger partial charge in [-0.2, -0.15) is 0 Å². The summed E-state index contributed by atoms with van der Waals surface area (Å²) < 4.78 is 59.9. The Hall–Kier alpha value is -2.03. The molecule has 1 aliphatic heterocycles. The molecule has 140 valence electrons. The number of halogens is 2. The molecule has 5 nitrogen and oxygen atoms in total. The van der Waals surface area contributed by atoms with Crippen molar-refractivity contribution in [3.05, 3.63) is 59.7 Å². The molecule has 1 heterocycles. The van der Waals surface area contributed by atoms with Crippen LogP contribution >= 0.6 is 0 Å². The van der Waals surface area contributed by atoms with Gasteiger partial charge in [0.05, 0.1) is 12.0 Å². The zero-order valence-corrected chi connectivity index (χ0v) is 15.0. The smallest absolute Gasteiger partial charge is 0.240 e. The highest BCUT2D eigenvalue weighted by molar-refractivity contribution is 7.89. The quantitative estimate of drug-likeness (QED) is 0.833. The lowest BCUT2D eigenvalue weighted by Gasteiger charge is -2.33. The van der Waals surface area contributed by atoms with E-state index in [1.165, 1.54) is 25.3 Å². The molecule has 0 saturated carbocycles. The van der Waals surface area contributed by atoms with Gasteiger partial charge < -0.3 is 10.1 Å². The number of nitrogens with one attached hydrogen (secondary N) is 2. The van der Waals surface area contributed by atoms with Crippen molar-refractivity contribution in [3.8, 4) is 5.75 Å². The summed E-state index contributed by atoms with van der Waals surface area (Å²) in [6.07, 6.45) is 0.612. The van der Waals surface area contributed by atoms with Gasteiger partial charge in [0, 0.05) is 18.5 Å². The number of ether oxygens (including phenoxy) is 1. The van der Waals surface area contributed by atoms with E-state index in [1.807, 2.05) is 0 Å². The first kappa shape index (κ1) is 18.8. The van der Waals surface area contributed by atoms with Crippen molar-refractivity contribution >= 4 is 10.0 Å².